The van der Waals surface area contributed by atoms with Crippen LogP contribution < -0.4 is 5.32 Å². The first-order chi connectivity index (χ1) is 12.0. The Morgan fingerprint density at radius 2 is 1.68 bits per heavy atom. The van der Waals surface area contributed by atoms with Gasteiger partial charge in [-0.25, -0.2) is 4.39 Å². The number of carbonyl (C=O) groups excluding carboxylic acids is 1. The molecule has 2 heterocycles. The molecule has 0 aliphatic heterocycles. The summed E-state index contributed by atoms with van der Waals surface area (Å²) in [5.74, 6) is -1.57. The van der Waals surface area contributed by atoms with E-state index in [2.05, 4.69) is 20.5 Å². The third-order valence-corrected chi connectivity index (χ3v) is 3.57. The summed E-state index contributed by atoms with van der Waals surface area (Å²) in [6.45, 7) is 1.08. The molecule has 0 aliphatic carbocycles. The third-order valence-electron chi connectivity index (χ3n) is 2.68. The third kappa shape index (κ3) is 5.74. The summed E-state index contributed by atoms with van der Waals surface area (Å²) in [4.78, 5) is 24.9. The van der Waals surface area contributed by atoms with E-state index in [-0.39, 0.29) is 11.7 Å². The average molecular weight is 360 g/mol. The molecule has 0 spiro atoms. The molecule has 3 aromatic rings. The number of benzene rings is 1. The monoisotopic (exact) mass is 360 g/mol. The van der Waals surface area contributed by atoms with Gasteiger partial charge < -0.3 is 5.11 Å². The molecule has 0 atom stereocenters. The van der Waals surface area contributed by atoms with Crippen LogP contribution in [0.3, 0.4) is 0 Å². The van der Waals surface area contributed by atoms with Gasteiger partial charge in [0.05, 0.1) is 0 Å². The van der Waals surface area contributed by atoms with Crippen LogP contribution in [-0.2, 0) is 4.79 Å². The zero-order valence-electron chi connectivity index (χ0n) is 13.0. The highest BCUT2D eigenvalue weighted by Gasteiger charge is 2.11. The Morgan fingerprint density at radius 3 is 2.28 bits per heavy atom. The van der Waals surface area contributed by atoms with Gasteiger partial charge in [0.25, 0.3) is 11.9 Å². The van der Waals surface area contributed by atoms with Crippen molar-refractivity contribution in [3.8, 4) is 10.6 Å². The molecule has 25 heavy (non-hydrogen) atoms. The van der Waals surface area contributed by atoms with Crippen LogP contribution in [0, 0.1) is 5.82 Å². The maximum absolute atomic E-state index is 12.8. The van der Waals surface area contributed by atoms with E-state index in [1.807, 2.05) is 12.1 Å². The lowest BCUT2D eigenvalue weighted by Gasteiger charge is -2.00. The lowest BCUT2D eigenvalue weighted by molar-refractivity contribution is -0.134. The van der Waals surface area contributed by atoms with Gasteiger partial charge in [0.2, 0.25) is 5.13 Å². The van der Waals surface area contributed by atoms with Gasteiger partial charge in [-0.15, -0.1) is 10.2 Å². The predicted octanol–water partition coefficient (Wildman–Crippen LogP) is 3.08. The number of nitrogens with one attached hydrogen (secondary N) is 1. The Balaban J connectivity index is 0.000000511. The molecule has 0 saturated carbocycles. The van der Waals surface area contributed by atoms with Crippen molar-refractivity contribution >= 4 is 28.3 Å². The van der Waals surface area contributed by atoms with Crippen LogP contribution in [0.1, 0.15) is 17.3 Å². The van der Waals surface area contributed by atoms with Crippen molar-refractivity contribution in [1.82, 2.24) is 15.2 Å². The number of amides is 1. The van der Waals surface area contributed by atoms with E-state index >= 15 is 0 Å². The fraction of sp³-hybridized carbons (Fsp3) is 0.0625. The van der Waals surface area contributed by atoms with E-state index in [1.165, 1.54) is 35.6 Å². The number of rotatable bonds is 3. The number of carbonyl (C=O) groups is 2. The van der Waals surface area contributed by atoms with E-state index in [0.29, 0.717) is 15.7 Å². The summed E-state index contributed by atoms with van der Waals surface area (Å²) in [5, 5.41) is 19.1. The minimum absolute atomic E-state index is 0.354. The average Bonchev–Trinajstić information content (AvgIpc) is 3.04. The Morgan fingerprint density at radius 1 is 1.08 bits per heavy atom. The van der Waals surface area contributed by atoms with E-state index in [9.17, 15) is 9.18 Å². The Bertz CT molecular complexity index is 849. The molecule has 0 saturated heterocycles. The zero-order valence-corrected chi connectivity index (χ0v) is 13.8. The minimum atomic E-state index is -0.833. The number of pyridine rings is 1. The molecule has 0 fully saturated rings. The van der Waals surface area contributed by atoms with E-state index in [4.69, 9.17) is 9.90 Å². The van der Waals surface area contributed by atoms with E-state index in [1.54, 1.807) is 12.4 Å². The standard InChI is InChI=1S/C14H9FN4OS.C2H4O2/c15-11-3-1-9(2-4-11)12(20)17-14-19-18-13(21-14)10-5-7-16-8-6-10;1-2(3)4/h1-8H,(H,17,19,20);1H3,(H,3,4). The first-order valence-corrected chi connectivity index (χ1v) is 7.77. The number of hydrogen-bond acceptors (Lipinski definition) is 6. The number of carboxylic acid groups (broad SMARTS) is 1. The highest BCUT2D eigenvalue weighted by atomic mass is 32.1. The molecule has 0 unspecified atom stereocenters. The Labute approximate surface area is 146 Å². The van der Waals surface area contributed by atoms with Crippen LogP contribution in [0.4, 0.5) is 9.52 Å². The molecule has 0 aliphatic rings. The maximum atomic E-state index is 12.8. The highest BCUT2D eigenvalue weighted by Crippen LogP contribution is 2.25. The lowest BCUT2D eigenvalue weighted by atomic mass is 10.2. The lowest BCUT2D eigenvalue weighted by Crippen LogP contribution is -2.11. The molecule has 1 aromatic carbocycles. The Hall–Kier alpha value is -3.20. The number of aromatic nitrogens is 3. The second kappa shape index (κ2) is 8.60. The number of aliphatic carboxylic acids is 1. The van der Waals surface area contributed by atoms with Gasteiger partial charge in [0.1, 0.15) is 10.8 Å². The molecule has 0 radical (unpaired) electrons. The van der Waals surface area contributed by atoms with Crippen molar-refractivity contribution in [3.63, 3.8) is 0 Å². The smallest absolute Gasteiger partial charge is 0.300 e. The van der Waals surface area contributed by atoms with Gasteiger partial charge in [-0.2, -0.15) is 0 Å². The van der Waals surface area contributed by atoms with Gasteiger partial charge in [0, 0.05) is 30.4 Å². The molecular formula is C16H13FN4O3S. The number of nitrogens with zero attached hydrogens (tertiary/aromatic N) is 3. The molecule has 2 N–H and O–H groups in total. The van der Waals surface area contributed by atoms with Gasteiger partial charge in [-0.1, -0.05) is 11.3 Å². The molecular weight excluding hydrogens is 347 g/mol. The van der Waals surface area contributed by atoms with Crippen molar-refractivity contribution in [2.45, 2.75) is 6.92 Å². The van der Waals surface area contributed by atoms with Crippen molar-refractivity contribution in [1.29, 1.82) is 0 Å². The van der Waals surface area contributed by atoms with Crippen LogP contribution >= 0.6 is 11.3 Å². The quantitative estimate of drug-likeness (QED) is 0.744. The maximum Gasteiger partial charge on any atom is 0.300 e. The van der Waals surface area contributed by atoms with Crippen molar-refractivity contribution in [2.75, 3.05) is 5.32 Å². The second-order valence-corrected chi connectivity index (χ2v) is 5.61. The molecule has 0 bridgehead atoms. The van der Waals surface area contributed by atoms with Crippen LogP contribution in [0.15, 0.2) is 48.8 Å². The second-order valence-electron chi connectivity index (χ2n) is 4.63. The van der Waals surface area contributed by atoms with Gasteiger partial charge in [-0.3, -0.25) is 19.9 Å². The van der Waals surface area contributed by atoms with Gasteiger partial charge in [-0.05, 0) is 36.4 Å². The minimum Gasteiger partial charge on any atom is -0.481 e. The largest absolute Gasteiger partial charge is 0.481 e. The van der Waals surface area contributed by atoms with E-state index < -0.39 is 5.97 Å². The van der Waals surface area contributed by atoms with Gasteiger partial charge >= 0.3 is 0 Å². The first kappa shape index (κ1) is 18.1. The summed E-state index contributed by atoms with van der Waals surface area (Å²) < 4.78 is 12.8. The summed E-state index contributed by atoms with van der Waals surface area (Å²) in [6.07, 6.45) is 3.32. The summed E-state index contributed by atoms with van der Waals surface area (Å²) >= 11 is 1.26. The molecule has 128 valence electrons. The molecule has 3 rings (SSSR count). The fourth-order valence-electron chi connectivity index (χ4n) is 1.66. The zero-order chi connectivity index (χ0) is 18.2. The normalized spacial score (nSPS) is 9.68. The van der Waals surface area contributed by atoms with Crippen LogP contribution in [0.5, 0.6) is 0 Å². The number of anilines is 1. The topological polar surface area (TPSA) is 105 Å². The summed E-state index contributed by atoms with van der Waals surface area (Å²) in [7, 11) is 0. The van der Waals surface area contributed by atoms with Crippen molar-refractivity contribution < 1.29 is 19.1 Å². The Kier molecular flexibility index (Phi) is 6.24. The molecule has 9 heteroatoms. The van der Waals surface area contributed by atoms with Crippen LogP contribution in [0.25, 0.3) is 10.6 Å². The number of halogens is 1. The predicted molar refractivity (Wildman–Crippen MR) is 90.8 cm³/mol. The first-order valence-electron chi connectivity index (χ1n) is 6.96. The fourth-order valence-corrected chi connectivity index (χ4v) is 2.40. The van der Waals surface area contributed by atoms with Crippen LogP contribution in [-0.4, -0.2) is 32.2 Å². The SMILES string of the molecule is CC(=O)O.O=C(Nc1nnc(-c2ccncc2)s1)c1ccc(F)cc1. The van der Waals surface area contributed by atoms with Crippen LogP contribution in [0.2, 0.25) is 0 Å². The summed E-state index contributed by atoms with van der Waals surface area (Å²) in [5.41, 5.74) is 1.24. The molecule has 2 aromatic heterocycles. The number of carboxylic acids is 1. The highest BCUT2D eigenvalue weighted by molar-refractivity contribution is 7.18. The number of hydrogen-bond donors (Lipinski definition) is 2. The van der Waals surface area contributed by atoms with Gasteiger partial charge in [0.15, 0.2) is 0 Å². The molecule has 7 nitrogen and oxygen atoms in total. The summed E-state index contributed by atoms with van der Waals surface area (Å²) in [6, 6.07) is 8.91. The van der Waals surface area contributed by atoms with Crippen molar-refractivity contribution in [2.24, 2.45) is 0 Å². The van der Waals surface area contributed by atoms with Crippen molar-refractivity contribution in [3.05, 3.63) is 60.2 Å². The molecule has 1 amide bonds. The van der Waals surface area contributed by atoms with E-state index in [0.717, 1.165) is 12.5 Å².